The van der Waals surface area contributed by atoms with Crippen LogP contribution in [0.4, 0.5) is 13.2 Å². The third-order valence-electron chi connectivity index (χ3n) is 2.45. The molecule has 22 heavy (non-hydrogen) atoms. The predicted molar refractivity (Wildman–Crippen MR) is 68.4 cm³/mol. The first kappa shape index (κ1) is 16.2. The predicted octanol–water partition coefficient (Wildman–Crippen LogP) is 1.48. The second-order valence-corrected chi connectivity index (χ2v) is 6.14. The fourth-order valence-corrected chi connectivity index (χ4v) is 2.09. The lowest BCUT2D eigenvalue weighted by atomic mass is 10.4. The Morgan fingerprint density at radius 3 is 2.59 bits per heavy atom. The van der Waals surface area contributed by atoms with Crippen molar-refractivity contribution in [1.82, 2.24) is 19.7 Å². The lowest BCUT2D eigenvalue weighted by molar-refractivity contribution is -0.141. The van der Waals surface area contributed by atoms with Crippen LogP contribution >= 0.6 is 0 Å². The number of halogens is 3. The van der Waals surface area contributed by atoms with Gasteiger partial charge in [0.2, 0.25) is 5.88 Å². The lowest BCUT2D eigenvalue weighted by Crippen LogP contribution is -2.11. The van der Waals surface area contributed by atoms with Gasteiger partial charge in [0.25, 0.3) is 5.95 Å². The molecule has 0 bridgehead atoms. The first-order valence-electron chi connectivity index (χ1n) is 5.96. The molecule has 7 nitrogen and oxygen atoms in total. The van der Waals surface area contributed by atoms with Gasteiger partial charge in [0.1, 0.15) is 0 Å². The molecule has 0 saturated heterocycles. The molecule has 0 fully saturated rings. The van der Waals surface area contributed by atoms with Crippen molar-refractivity contribution < 1.29 is 26.3 Å². The zero-order chi connectivity index (χ0) is 16.5. The van der Waals surface area contributed by atoms with Crippen molar-refractivity contribution in [3.05, 3.63) is 24.0 Å². The molecule has 0 atom stereocenters. The highest BCUT2D eigenvalue weighted by molar-refractivity contribution is 7.90. The van der Waals surface area contributed by atoms with Crippen LogP contribution in [0, 0.1) is 0 Å². The Morgan fingerprint density at radius 1 is 1.36 bits per heavy atom. The lowest BCUT2D eigenvalue weighted by Gasteiger charge is -2.06. The quantitative estimate of drug-likeness (QED) is 0.786. The summed E-state index contributed by atoms with van der Waals surface area (Å²) in [7, 11) is -3.64. The number of ether oxygens (including phenoxy) is 1. The van der Waals surface area contributed by atoms with E-state index in [9.17, 15) is 21.6 Å². The summed E-state index contributed by atoms with van der Waals surface area (Å²) in [5, 5.41) is 3.01. The van der Waals surface area contributed by atoms with Gasteiger partial charge >= 0.3 is 6.18 Å². The minimum absolute atomic E-state index is 0.0920. The average Bonchev–Trinajstić information content (AvgIpc) is 2.82. The molecule has 11 heteroatoms. The topological polar surface area (TPSA) is 87.0 Å². The van der Waals surface area contributed by atoms with Crippen molar-refractivity contribution >= 4 is 9.84 Å². The summed E-state index contributed by atoms with van der Waals surface area (Å²) in [5.41, 5.74) is -1.19. The maximum Gasteiger partial charge on any atom is 0.435 e. The van der Waals surface area contributed by atoms with E-state index in [0.717, 1.165) is 18.5 Å². The van der Waals surface area contributed by atoms with Gasteiger partial charge in [-0.25, -0.2) is 13.4 Å². The van der Waals surface area contributed by atoms with E-state index in [2.05, 4.69) is 15.1 Å². The first-order valence-corrected chi connectivity index (χ1v) is 7.85. The molecule has 0 radical (unpaired) electrons. The van der Waals surface area contributed by atoms with Crippen LogP contribution in [0.25, 0.3) is 5.95 Å². The number of hydrogen-bond donors (Lipinski definition) is 0. The van der Waals surface area contributed by atoms with Gasteiger partial charge in [0.15, 0.2) is 20.6 Å². The van der Waals surface area contributed by atoms with Gasteiger partial charge in [-0.05, 0) is 13.0 Å². The number of nitrogens with zero attached hydrogens (tertiary/aromatic N) is 4. The number of rotatable bonds is 4. The number of aromatic nitrogens is 4. The minimum atomic E-state index is -4.68. The molecule has 0 N–H and O–H groups in total. The molecule has 0 aliphatic carbocycles. The van der Waals surface area contributed by atoms with Crippen LogP contribution in [0.15, 0.2) is 23.4 Å². The number of hydrogen-bond acceptors (Lipinski definition) is 6. The van der Waals surface area contributed by atoms with Gasteiger partial charge < -0.3 is 4.74 Å². The molecule has 0 amide bonds. The maximum atomic E-state index is 12.7. The molecule has 2 heterocycles. The van der Waals surface area contributed by atoms with Gasteiger partial charge in [-0.3, -0.25) is 0 Å². The van der Waals surface area contributed by atoms with Gasteiger partial charge in [-0.2, -0.15) is 27.9 Å². The summed E-state index contributed by atoms with van der Waals surface area (Å²) in [6.45, 7) is 1.67. The zero-order valence-electron chi connectivity index (χ0n) is 11.5. The second kappa shape index (κ2) is 5.55. The van der Waals surface area contributed by atoms with Gasteiger partial charge in [-0.1, -0.05) is 0 Å². The van der Waals surface area contributed by atoms with Crippen LogP contribution in [0.5, 0.6) is 5.88 Å². The minimum Gasteiger partial charge on any atom is -0.478 e. The molecule has 0 unspecified atom stereocenters. The summed E-state index contributed by atoms with van der Waals surface area (Å²) in [5.74, 6) is -0.567. The number of sulfone groups is 1. The van der Waals surface area contributed by atoms with Gasteiger partial charge in [-0.15, -0.1) is 0 Å². The van der Waals surface area contributed by atoms with Crippen molar-refractivity contribution in [2.45, 2.75) is 18.1 Å². The maximum absolute atomic E-state index is 12.7. The van der Waals surface area contributed by atoms with Crippen LogP contribution < -0.4 is 4.74 Å². The van der Waals surface area contributed by atoms with Crippen LogP contribution in [0.1, 0.15) is 12.6 Å². The van der Waals surface area contributed by atoms with E-state index in [4.69, 9.17) is 4.74 Å². The van der Waals surface area contributed by atoms with E-state index >= 15 is 0 Å². The SMILES string of the molecule is CCOc1cc(C(F)(F)F)nn1-c1nccc(S(C)(=O)=O)n1. The second-order valence-electron chi connectivity index (χ2n) is 4.18. The van der Waals surface area contributed by atoms with Crippen LogP contribution in [-0.2, 0) is 16.0 Å². The van der Waals surface area contributed by atoms with Crippen molar-refractivity contribution in [2.75, 3.05) is 12.9 Å². The highest BCUT2D eigenvalue weighted by Crippen LogP contribution is 2.31. The van der Waals surface area contributed by atoms with Crippen LogP contribution in [-0.4, -0.2) is 41.0 Å². The summed E-state index contributed by atoms with van der Waals surface area (Å²) >= 11 is 0. The molecule has 0 spiro atoms. The van der Waals surface area contributed by atoms with Crippen LogP contribution in [0.3, 0.4) is 0 Å². The Labute approximate surface area is 123 Å². The standard InChI is InChI=1S/C11H11F3N4O3S/c1-3-21-9-6-7(11(12,13)14)17-18(9)10-15-5-4-8(16-10)22(2,19)20/h4-6H,3H2,1-2H3. The molecule has 0 saturated carbocycles. The fraction of sp³-hybridized carbons (Fsp3) is 0.364. The van der Waals surface area contributed by atoms with Crippen molar-refractivity contribution in [2.24, 2.45) is 0 Å². The highest BCUT2D eigenvalue weighted by Gasteiger charge is 2.36. The third kappa shape index (κ3) is 3.35. The first-order chi connectivity index (χ1) is 10.1. The Bertz CT molecular complexity index is 786. The van der Waals surface area contributed by atoms with Crippen LogP contribution in [0.2, 0.25) is 0 Å². The average molecular weight is 336 g/mol. The molecule has 2 aromatic rings. The summed E-state index contributed by atoms with van der Waals surface area (Å²) in [4.78, 5) is 7.45. The van der Waals surface area contributed by atoms with Gasteiger partial charge in [0, 0.05) is 18.5 Å². The van der Waals surface area contributed by atoms with Crippen molar-refractivity contribution in [1.29, 1.82) is 0 Å². The van der Waals surface area contributed by atoms with E-state index in [0.29, 0.717) is 10.7 Å². The van der Waals surface area contributed by atoms with E-state index in [1.54, 1.807) is 6.92 Å². The molecule has 0 aromatic carbocycles. The Kier molecular flexibility index (Phi) is 4.09. The number of alkyl halides is 3. The Balaban J connectivity index is 2.59. The summed E-state index contributed by atoms with van der Waals surface area (Å²) in [6.07, 6.45) is -2.64. The van der Waals surface area contributed by atoms with E-state index in [-0.39, 0.29) is 23.5 Å². The van der Waals surface area contributed by atoms with E-state index < -0.39 is 21.7 Å². The van der Waals surface area contributed by atoms with E-state index in [1.807, 2.05) is 0 Å². The highest BCUT2D eigenvalue weighted by atomic mass is 32.2. The summed E-state index contributed by atoms with van der Waals surface area (Å²) in [6, 6.07) is 1.83. The molecule has 0 aliphatic heterocycles. The molecule has 2 rings (SSSR count). The van der Waals surface area contributed by atoms with Crippen molar-refractivity contribution in [3.63, 3.8) is 0 Å². The molecule has 2 aromatic heterocycles. The molecular weight excluding hydrogens is 325 g/mol. The largest absolute Gasteiger partial charge is 0.478 e. The normalized spacial score (nSPS) is 12.4. The molecule has 120 valence electrons. The smallest absolute Gasteiger partial charge is 0.435 e. The fourth-order valence-electron chi connectivity index (χ4n) is 1.54. The van der Waals surface area contributed by atoms with Gasteiger partial charge in [0.05, 0.1) is 6.61 Å². The van der Waals surface area contributed by atoms with E-state index in [1.165, 1.54) is 0 Å². The molecule has 0 aliphatic rings. The Morgan fingerprint density at radius 2 is 2.05 bits per heavy atom. The molecular formula is C11H11F3N4O3S. The monoisotopic (exact) mass is 336 g/mol. The third-order valence-corrected chi connectivity index (χ3v) is 3.43. The van der Waals surface area contributed by atoms with Crippen molar-refractivity contribution in [3.8, 4) is 11.8 Å². The zero-order valence-corrected chi connectivity index (χ0v) is 12.3. The Hall–Kier alpha value is -2.17. The summed E-state index contributed by atoms with van der Waals surface area (Å²) < 4.78 is 66.9.